The molecule has 5 aromatic rings. The molecule has 0 N–H and O–H groups in total. The molecule has 0 aromatic heterocycles. The zero-order chi connectivity index (χ0) is 31.7. The van der Waals surface area contributed by atoms with Crippen molar-refractivity contribution in [2.24, 2.45) is 0 Å². The van der Waals surface area contributed by atoms with Gasteiger partial charge < -0.3 is 0 Å². The van der Waals surface area contributed by atoms with Gasteiger partial charge in [-0.3, -0.25) is 0 Å². The van der Waals surface area contributed by atoms with Crippen LogP contribution in [0, 0.1) is 0 Å². The SMILES string of the molecule is FC(F)(F)c1ccc([O][Zr]([O]c2ccc(C(F)(F)F)cc2)([CH]2C=Cc3ccccc32)=[Si](c2ccccc2)c2ccccc2)cc1. The summed E-state index contributed by atoms with van der Waals surface area (Å²) in [5.74, 6) is 0.413. The quantitative estimate of drug-likeness (QED) is 0.124. The summed E-state index contributed by atoms with van der Waals surface area (Å²) >= 11 is -5.03. The molecular formula is C35H25F6O2SiZr. The monoisotopic (exact) mass is 709 g/mol. The summed E-state index contributed by atoms with van der Waals surface area (Å²) < 4.78 is 94.8. The number of benzene rings is 5. The van der Waals surface area contributed by atoms with Crippen LogP contribution in [-0.4, -0.2) is 5.43 Å². The van der Waals surface area contributed by atoms with Crippen molar-refractivity contribution < 1.29 is 51.7 Å². The van der Waals surface area contributed by atoms with E-state index < -0.39 is 52.3 Å². The van der Waals surface area contributed by atoms with Gasteiger partial charge in [0.2, 0.25) is 0 Å². The number of fused-ring (bicyclic) bond motifs is 1. The van der Waals surface area contributed by atoms with Crippen LogP contribution in [0.1, 0.15) is 25.9 Å². The van der Waals surface area contributed by atoms with Crippen molar-refractivity contribution in [1.82, 2.24) is 0 Å². The molecule has 0 aliphatic heterocycles. The number of allylic oxidation sites excluding steroid dienone is 1. The summed E-state index contributed by atoms with van der Waals surface area (Å²) in [5.41, 5.74) is -1.76. The van der Waals surface area contributed by atoms with Crippen LogP contribution in [0.2, 0.25) is 0 Å². The van der Waals surface area contributed by atoms with E-state index in [2.05, 4.69) is 0 Å². The minimum absolute atomic E-state index is 0.206. The Hall–Kier alpha value is -3.88. The summed E-state index contributed by atoms with van der Waals surface area (Å²) in [6.07, 6.45) is -5.07. The van der Waals surface area contributed by atoms with E-state index in [1.165, 1.54) is 24.3 Å². The summed E-state index contributed by atoms with van der Waals surface area (Å²) in [7, 11) is 0. The molecule has 0 bridgehead atoms. The van der Waals surface area contributed by atoms with Crippen molar-refractivity contribution in [1.29, 1.82) is 0 Å². The van der Waals surface area contributed by atoms with Crippen molar-refractivity contribution in [3.63, 3.8) is 0 Å². The Morgan fingerprint density at radius 3 is 1.38 bits per heavy atom. The van der Waals surface area contributed by atoms with Gasteiger partial charge in [-0.25, -0.2) is 0 Å². The van der Waals surface area contributed by atoms with Crippen molar-refractivity contribution in [3.8, 4) is 11.5 Å². The predicted octanol–water partition coefficient (Wildman–Crippen LogP) is 8.74. The van der Waals surface area contributed by atoms with Crippen molar-refractivity contribution >= 4 is 21.9 Å². The normalized spacial score (nSPS) is 14.6. The molecule has 2 nitrogen and oxygen atoms in total. The van der Waals surface area contributed by atoms with E-state index >= 15 is 0 Å². The van der Waals surface area contributed by atoms with Gasteiger partial charge in [-0.1, -0.05) is 0 Å². The maximum atomic E-state index is 13.5. The summed E-state index contributed by atoms with van der Waals surface area (Å²) in [6.45, 7) is 0. The summed E-state index contributed by atoms with van der Waals surface area (Å²) in [4.78, 5) is 0. The third-order valence-corrected chi connectivity index (χ3v) is 28.4. The maximum absolute atomic E-state index is 13.5. The number of rotatable bonds is 7. The van der Waals surface area contributed by atoms with Crippen LogP contribution in [0.25, 0.3) is 6.08 Å². The molecule has 0 heterocycles. The first kappa shape index (κ1) is 31.1. The fraction of sp³-hybridized carbons (Fsp3) is 0.0857. The zero-order valence-electron chi connectivity index (χ0n) is 23.5. The van der Waals surface area contributed by atoms with Gasteiger partial charge in [0.05, 0.1) is 0 Å². The number of halogens is 6. The van der Waals surface area contributed by atoms with E-state index in [1.54, 1.807) is 0 Å². The fourth-order valence-electron chi connectivity index (χ4n) is 5.54. The van der Waals surface area contributed by atoms with Crippen molar-refractivity contribution in [3.05, 3.63) is 162 Å². The molecule has 1 unspecified atom stereocenters. The van der Waals surface area contributed by atoms with E-state index in [9.17, 15) is 26.3 Å². The summed E-state index contributed by atoms with van der Waals surface area (Å²) in [6, 6.07) is 36.2. The van der Waals surface area contributed by atoms with Gasteiger partial charge >= 0.3 is 263 Å². The first-order chi connectivity index (χ1) is 21.5. The third-order valence-electron chi connectivity index (χ3n) is 7.58. The Labute approximate surface area is 261 Å². The average Bonchev–Trinajstić information content (AvgIpc) is 3.47. The average molecular weight is 711 g/mol. The molecule has 0 radical (unpaired) electrons. The van der Waals surface area contributed by atoms with Crippen LogP contribution < -0.4 is 16.0 Å². The molecule has 6 rings (SSSR count). The molecule has 0 amide bonds. The van der Waals surface area contributed by atoms with E-state index in [0.717, 1.165) is 45.8 Å². The van der Waals surface area contributed by atoms with Gasteiger partial charge in [0.25, 0.3) is 0 Å². The van der Waals surface area contributed by atoms with E-state index in [4.69, 9.17) is 5.63 Å². The van der Waals surface area contributed by atoms with Crippen molar-refractivity contribution in [2.45, 2.75) is 16.0 Å². The molecule has 1 aliphatic carbocycles. The van der Waals surface area contributed by atoms with Crippen LogP contribution >= 0.6 is 0 Å². The van der Waals surface area contributed by atoms with Crippen molar-refractivity contribution in [2.75, 3.05) is 0 Å². The second kappa shape index (κ2) is 12.5. The molecule has 1 atom stereocenters. The third kappa shape index (κ3) is 6.58. The van der Waals surface area contributed by atoms with Gasteiger partial charge in [0.1, 0.15) is 0 Å². The first-order valence-electron chi connectivity index (χ1n) is 14.0. The molecule has 1 aliphatic rings. The second-order valence-electron chi connectivity index (χ2n) is 10.5. The van der Waals surface area contributed by atoms with Gasteiger partial charge in [0, 0.05) is 0 Å². The van der Waals surface area contributed by atoms with Crippen LogP contribution in [0.15, 0.2) is 140 Å². The van der Waals surface area contributed by atoms with Gasteiger partial charge in [-0.2, -0.15) is 0 Å². The van der Waals surface area contributed by atoms with Crippen LogP contribution in [0.3, 0.4) is 0 Å². The molecule has 45 heavy (non-hydrogen) atoms. The molecular weight excluding hydrogens is 686 g/mol. The number of alkyl halides is 6. The zero-order valence-corrected chi connectivity index (χ0v) is 27.0. The predicted molar refractivity (Wildman–Crippen MR) is 160 cm³/mol. The summed E-state index contributed by atoms with van der Waals surface area (Å²) in [5, 5.41) is 1.92. The molecule has 0 fully saturated rings. The van der Waals surface area contributed by atoms with E-state index in [0.29, 0.717) is 0 Å². The van der Waals surface area contributed by atoms with E-state index in [1.807, 2.05) is 97.1 Å². The molecule has 0 saturated carbocycles. The van der Waals surface area contributed by atoms with Gasteiger partial charge in [-0.05, 0) is 0 Å². The first-order valence-corrected chi connectivity index (χ1v) is 22.6. The Morgan fingerprint density at radius 2 is 0.933 bits per heavy atom. The molecule has 0 spiro atoms. The number of hydrogen-bond acceptors (Lipinski definition) is 2. The second-order valence-corrected chi connectivity index (χ2v) is 26.0. The fourth-order valence-corrected chi connectivity index (χ4v) is 28.9. The molecule has 227 valence electrons. The Balaban J connectivity index is 1.68. The molecule has 0 saturated heterocycles. The van der Waals surface area contributed by atoms with Gasteiger partial charge in [-0.15, -0.1) is 0 Å². The van der Waals surface area contributed by atoms with Gasteiger partial charge in [0.15, 0.2) is 0 Å². The Kier molecular flexibility index (Phi) is 8.63. The molecule has 5 aromatic carbocycles. The van der Waals surface area contributed by atoms with Crippen LogP contribution in [0.5, 0.6) is 11.5 Å². The van der Waals surface area contributed by atoms with E-state index in [-0.39, 0.29) is 11.5 Å². The Morgan fingerprint density at radius 1 is 0.511 bits per heavy atom. The van der Waals surface area contributed by atoms with Crippen LogP contribution in [0.4, 0.5) is 26.3 Å². The minimum atomic E-state index is -5.03. The van der Waals surface area contributed by atoms with Crippen LogP contribution in [-0.2, 0) is 32.1 Å². The Bertz CT molecular complexity index is 1760. The standard InChI is InChI=1S/C12H10Si.C9H7.2C7H5F3O.Zr/c1-3-7-11(8-4-1)13-12-9-5-2-6-10-12;1-2-5-9-7-3-6-8(9)4-1;2*8-7(9,10)5-1-3-6(11)4-2-5;/h1-10H;1-7H;2*1-4,11H;/q;;;;+2/p-2. The topological polar surface area (TPSA) is 18.5 Å². The molecule has 10 heteroatoms. The number of hydrogen-bond donors (Lipinski definition) is 0.